The van der Waals surface area contributed by atoms with Crippen molar-refractivity contribution in [2.75, 3.05) is 17.2 Å². The summed E-state index contributed by atoms with van der Waals surface area (Å²) in [5.74, 6) is -0.262. The Morgan fingerprint density at radius 1 is 1.22 bits per heavy atom. The summed E-state index contributed by atoms with van der Waals surface area (Å²) in [5.41, 5.74) is 9.10. The van der Waals surface area contributed by atoms with Gasteiger partial charge in [-0.1, -0.05) is 0 Å². The van der Waals surface area contributed by atoms with Crippen LogP contribution in [0.1, 0.15) is 11.1 Å². The molecule has 0 unspecified atom stereocenters. The van der Waals surface area contributed by atoms with E-state index in [0.717, 1.165) is 13.0 Å². The first-order valence-corrected chi connectivity index (χ1v) is 5.96. The fourth-order valence-electron chi connectivity index (χ4n) is 2.37. The molecule has 0 fully saturated rings. The largest absolute Gasteiger partial charge is 0.399 e. The predicted molar refractivity (Wildman–Crippen MR) is 69.8 cm³/mol. The van der Waals surface area contributed by atoms with Crippen molar-refractivity contribution in [2.24, 2.45) is 0 Å². The number of hydrogen-bond acceptors (Lipinski definition) is 3. The minimum absolute atomic E-state index is 0.262. The molecule has 0 amide bonds. The standard InChI is InChI=1S/C14H14FN3/c15-13-7-12(16)1-2-14(13)18-6-4-10-3-5-17-8-11(10)9-18/h1-3,5,7-8H,4,6,9,16H2. The molecule has 0 spiro atoms. The number of anilines is 2. The number of hydrogen-bond donors (Lipinski definition) is 1. The second kappa shape index (κ2) is 4.29. The van der Waals surface area contributed by atoms with Gasteiger partial charge in [0.05, 0.1) is 5.69 Å². The Bertz CT molecular complexity index is 583. The molecule has 2 N–H and O–H groups in total. The second-order valence-electron chi connectivity index (χ2n) is 4.53. The Hall–Kier alpha value is -2.10. The van der Waals surface area contributed by atoms with Gasteiger partial charge < -0.3 is 10.6 Å². The third-order valence-electron chi connectivity index (χ3n) is 3.33. The average Bonchev–Trinajstić information content (AvgIpc) is 2.38. The monoisotopic (exact) mass is 243 g/mol. The van der Waals surface area contributed by atoms with Crippen molar-refractivity contribution in [3.63, 3.8) is 0 Å². The van der Waals surface area contributed by atoms with E-state index in [1.165, 1.54) is 17.2 Å². The van der Waals surface area contributed by atoms with E-state index in [1.807, 2.05) is 17.2 Å². The second-order valence-corrected chi connectivity index (χ2v) is 4.53. The Labute approximate surface area is 105 Å². The van der Waals surface area contributed by atoms with Gasteiger partial charge in [0.1, 0.15) is 5.82 Å². The first-order valence-electron chi connectivity index (χ1n) is 5.96. The molecular weight excluding hydrogens is 229 g/mol. The zero-order valence-electron chi connectivity index (χ0n) is 9.94. The number of fused-ring (bicyclic) bond motifs is 1. The van der Waals surface area contributed by atoms with E-state index in [4.69, 9.17) is 5.73 Å². The molecule has 1 aromatic heterocycles. The van der Waals surface area contributed by atoms with E-state index < -0.39 is 0 Å². The molecule has 2 aromatic rings. The molecule has 1 aromatic carbocycles. The van der Waals surface area contributed by atoms with Gasteiger partial charge in [-0.3, -0.25) is 4.98 Å². The minimum atomic E-state index is -0.262. The lowest BCUT2D eigenvalue weighted by molar-refractivity contribution is 0.610. The maximum Gasteiger partial charge on any atom is 0.148 e. The molecule has 4 heteroatoms. The maximum atomic E-state index is 13.9. The van der Waals surface area contributed by atoms with Crippen molar-refractivity contribution in [1.29, 1.82) is 0 Å². The highest BCUT2D eigenvalue weighted by atomic mass is 19.1. The number of benzene rings is 1. The first-order chi connectivity index (χ1) is 8.74. The van der Waals surface area contributed by atoms with Crippen LogP contribution < -0.4 is 10.6 Å². The van der Waals surface area contributed by atoms with E-state index >= 15 is 0 Å². The maximum absolute atomic E-state index is 13.9. The van der Waals surface area contributed by atoms with Crippen molar-refractivity contribution in [1.82, 2.24) is 4.98 Å². The summed E-state index contributed by atoms with van der Waals surface area (Å²) >= 11 is 0. The van der Waals surface area contributed by atoms with E-state index in [9.17, 15) is 4.39 Å². The third-order valence-corrected chi connectivity index (χ3v) is 3.33. The van der Waals surface area contributed by atoms with Gasteiger partial charge in [-0.25, -0.2) is 4.39 Å². The number of aromatic nitrogens is 1. The van der Waals surface area contributed by atoms with Crippen LogP contribution in [0.3, 0.4) is 0 Å². The number of nitrogen functional groups attached to an aromatic ring is 1. The first kappa shape index (κ1) is 11.0. The predicted octanol–water partition coefficient (Wildman–Crippen LogP) is 2.37. The van der Waals surface area contributed by atoms with Crippen LogP contribution in [0, 0.1) is 5.82 Å². The van der Waals surface area contributed by atoms with E-state index in [2.05, 4.69) is 4.98 Å². The van der Waals surface area contributed by atoms with Crippen LogP contribution in [0.4, 0.5) is 15.8 Å². The summed E-state index contributed by atoms with van der Waals surface area (Å²) in [4.78, 5) is 6.15. The van der Waals surface area contributed by atoms with Gasteiger partial charge in [0.25, 0.3) is 0 Å². The van der Waals surface area contributed by atoms with Crippen molar-refractivity contribution in [3.8, 4) is 0 Å². The molecule has 0 saturated heterocycles. The number of halogens is 1. The van der Waals surface area contributed by atoms with E-state index in [-0.39, 0.29) is 5.82 Å². The molecule has 1 aliphatic rings. The number of nitrogens with zero attached hydrogens (tertiary/aromatic N) is 2. The highest BCUT2D eigenvalue weighted by Gasteiger charge is 2.18. The average molecular weight is 243 g/mol. The van der Waals surface area contributed by atoms with Crippen LogP contribution in [0.15, 0.2) is 36.7 Å². The SMILES string of the molecule is Nc1ccc(N2CCc3ccncc3C2)c(F)c1. The summed E-state index contributed by atoms with van der Waals surface area (Å²) in [6.45, 7) is 1.52. The fourth-order valence-corrected chi connectivity index (χ4v) is 2.37. The highest BCUT2D eigenvalue weighted by Crippen LogP contribution is 2.27. The molecule has 0 radical (unpaired) electrons. The zero-order valence-corrected chi connectivity index (χ0v) is 9.94. The van der Waals surface area contributed by atoms with Crippen molar-refractivity contribution in [2.45, 2.75) is 13.0 Å². The quantitative estimate of drug-likeness (QED) is 0.782. The third kappa shape index (κ3) is 1.90. The summed E-state index contributed by atoms with van der Waals surface area (Å²) in [5, 5.41) is 0. The summed E-state index contributed by atoms with van der Waals surface area (Å²) < 4.78 is 13.9. The Kier molecular flexibility index (Phi) is 2.63. The smallest absolute Gasteiger partial charge is 0.148 e. The van der Waals surface area contributed by atoms with Gasteiger partial charge in [-0.2, -0.15) is 0 Å². The lowest BCUT2D eigenvalue weighted by Gasteiger charge is -2.30. The highest BCUT2D eigenvalue weighted by molar-refractivity contribution is 5.55. The molecule has 2 heterocycles. The molecule has 18 heavy (non-hydrogen) atoms. The molecule has 0 bridgehead atoms. The molecule has 3 rings (SSSR count). The van der Waals surface area contributed by atoms with E-state index in [0.29, 0.717) is 17.9 Å². The Morgan fingerprint density at radius 3 is 2.94 bits per heavy atom. The minimum Gasteiger partial charge on any atom is -0.399 e. The summed E-state index contributed by atoms with van der Waals surface area (Å²) in [7, 11) is 0. The van der Waals surface area contributed by atoms with Crippen molar-refractivity contribution in [3.05, 3.63) is 53.6 Å². The molecule has 92 valence electrons. The van der Waals surface area contributed by atoms with E-state index in [1.54, 1.807) is 18.3 Å². The molecule has 0 atom stereocenters. The van der Waals surface area contributed by atoms with Crippen LogP contribution in [0.2, 0.25) is 0 Å². The van der Waals surface area contributed by atoms with Crippen molar-refractivity contribution >= 4 is 11.4 Å². The number of pyridine rings is 1. The van der Waals surface area contributed by atoms with Gasteiger partial charge in [0, 0.05) is 31.2 Å². The van der Waals surface area contributed by atoms with Crippen molar-refractivity contribution < 1.29 is 4.39 Å². The summed E-state index contributed by atoms with van der Waals surface area (Å²) in [6.07, 6.45) is 4.58. The Morgan fingerprint density at radius 2 is 2.11 bits per heavy atom. The zero-order chi connectivity index (χ0) is 12.5. The van der Waals surface area contributed by atoms with Gasteiger partial charge >= 0.3 is 0 Å². The molecule has 3 nitrogen and oxygen atoms in total. The van der Waals surface area contributed by atoms with Gasteiger partial charge in [0.15, 0.2) is 0 Å². The Balaban J connectivity index is 1.92. The fraction of sp³-hybridized carbons (Fsp3) is 0.214. The summed E-state index contributed by atoms with van der Waals surface area (Å²) in [6, 6.07) is 6.88. The number of nitrogens with two attached hydrogens (primary N) is 1. The van der Waals surface area contributed by atoms with Crippen LogP contribution in [0.25, 0.3) is 0 Å². The van der Waals surface area contributed by atoms with Crippen LogP contribution in [-0.4, -0.2) is 11.5 Å². The number of rotatable bonds is 1. The van der Waals surface area contributed by atoms with Gasteiger partial charge in [-0.15, -0.1) is 0 Å². The molecule has 0 saturated carbocycles. The molecular formula is C14H14FN3. The lowest BCUT2D eigenvalue weighted by Crippen LogP contribution is -2.31. The lowest BCUT2D eigenvalue weighted by atomic mass is 10.0. The normalized spacial score (nSPS) is 14.4. The van der Waals surface area contributed by atoms with Gasteiger partial charge in [0.2, 0.25) is 0 Å². The van der Waals surface area contributed by atoms with Gasteiger partial charge in [-0.05, 0) is 41.8 Å². The van der Waals surface area contributed by atoms with Crippen LogP contribution >= 0.6 is 0 Å². The van der Waals surface area contributed by atoms with Crippen LogP contribution in [-0.2, 0) is 13.0 Å². The van der Waals surface area contributed by atoms with Crippen LogP contribution in [0.5, 0.6) is 0 Å². The molecule has 1 aliphatic heterocycles. The topological polar surface area (TPSA) is 42.1 Å². The molecule has 0 aliphatic carbocycles.